The molecule has 0 bridgehead atoms. The van der Waals surface area contributed by atoms with Gasteiger partial charge >= 0.3 is 0 Å². The minimum Gasteiger partial charge on any atom is -0.335 e. The second-order valence-corrected chi connectivity index (χ2v) is 7.48. The number of benzene rings is 1. The highest BCUT2D eigenvalue weighted by Crippen LogP contribution is 2.29. The molecule has 0 N–H and O–H groups in total. The fourth-order valence-electron chi connectivity index (χ4n) is 2.18. The van der Waals surface area contributed by atoms with E-state index in [0.29, 0.717) is 0 Å². The van der Waals surface area contributed by atoms with Crippen molar-refractivity contribution in [3.8, 4) is 0 Å². The standard InChI is InChI=1S/C12H13ClFNO3S/c1-8(9-2-4-10(14)5-3-9)15-7-11(6-12(15)16)19(13,17)18/h2-5,8,11H,6-7H2,1H3. The average Bonchev–Trinajstić information content (AvgIpc) is 2.71. The van der Waals surface area contributed by atoms with E-state index in [1.54, 1.807) is 19.1 Å². The van der Waals surface area contributed by atoms with Gasteiger partial charge in [0.15, 0.2) is 0 Å². The maximum Gasteiger partial charge on any atom is 0.237 e. The molecular weight excluding hydrogens is 293 g/mol. The zero-order valence-electron chi connectivity index (χ0n) is 10.2. The van der Waals surface area contributed by atoms with Crippen molar-refractivity contribution in [1.29, 1.82) is 0 Å². The molecule has 1 aliphatic rings. The Balaban J connectivity index is 2.18. The van der Waals surface area contributed by atoms with E-state index < -0.39 is 14.3 Å². The van der Waals surface area contributed by atoms with Crippen molar-refractivity contribution < 1.29 is 17.6 Å². The minimum atomic E-state index is -3.74. The number of hydrogen-bond donors (Lipinski definition) is 0. The lowest BCUT2D eigenvalue weighted by molar-refractivity contribution is -0.129. The highest BCUT2D eigenvalue weighted by atomic mass is 35.7. The van der Waals surface area contributed by atoms with Crippen LogP contribution in [0.15, 0.2) is 24.3 Å². The summed E-state index contributed by atoms with van der Waals surface area (Å²) in [5.41, 5.74) is 0.752. The van der Waals surface area contributed by atoms with E-state index in [9.17, 15) is 17.6 Å². The van der Waals surface area contributed by atoms with Gasteiger partial charge < -0.3 is 4.90 Å². The predicted molar refractivity (Wildman–Crippen MR) is 69.7 cm³/mol. The molecule has 1 saturated heterocycles. The van der Waals surface area contributed by atoms with Crippen LogP contribution >= 0.6 is 10.7 Å². The molecule has 0 spiro atoms. The molecule has 1 amide bonds. The van der Waals surface area contributed by atoms with E-state index in [2.05, 4.69) is 0 Å². The summed E-state index contributed by atoms with van der Waals surface area (Å²) in [4.78, 5) is 13.3. The third-order valence-corrected chi connectivity index (χ3v) is 5.21. The van der Waals surface area contributed by atoms with Crippen LogP contribution in [0.3, 0.4) is 0 Å². The van der Waals surface area contributed by atoms with Crippen molar-refractivity contribution in [3.05, 3.63) is 35.6 Å². The Bertz CT molecular complexity index is 587. The second kappa shape index (κ2) is 5.09. The topological polar surface area (TPSA) is 54.5 Å². The molecule has 2 rings (SSSR count). The minimum absolute atomic E-state index is 0.0726. The molecule has 19 heavy (non-hydrogen) atoms. The van der Waals surface area contributed by atoms with E-state index in [4.69, 9.17) is 10.7 Å². The average molecular weight is 306 g/mol. The van der Waals surface area contributed by atoms with Crippen LogP contribution in [0, 0.1) is 5.82 Å². The molecule has 1 heterocycles. The summed E-state index contributed by atoms with van der Waals surface area (Å²) in [6.07, 6.45) is -0.0998. The van der Waals surface area contributed by atoms with E-state index in [0.717, 1.165) is 5.56 Å². The van der Waals surface area contributed by atoms with E-state index >= 15 is 0 Å². The second-order valence-electron chi connectivity index (χ2n) is 4.58. The molecular formula is C12H13ClFNO3S. The van der Waals surface area contributed by atoms with Crippen LogP contribution in [0.4, 0.5) is 4.39 Å². The summed E-state index contributed by atoms with van der Waals surface area (Å²) >= 11 is 0. The maximum atomic E-state index is 12.8. The van der Waals surface area contributed by atoms with E-state index in [1.165, 1.54) is 17.0 Å². The normalized spacial score (nSPS) is 21.7. The van der Waals surface area contributed by atoms with Crippen molar-refractivity contribution in [2.45, 2.75) is 24.6 Å². The molecule has 0 aliphatic carbocycles. The number of rotatable bonds is 3. The Labute approximate surface area is 115 Å². The number of carbonyl (C=O) groups excluding carboxylic acids is 1. The largest absolute Gasteiger partial charge is 0.335 e. The molecule has 2 atom stereocenters. The summed E-state index contributed by atoms with van der Waals surface area (Å²) in [5, 5.41) is -0.871. The van der Waals surface area contributed by atoms with Gasteiger partial charge in [-0.2, -0.15) is 0 Å². The molecule has 0 saturated carbocycles. The van der Waals surface area contributed by atoms with Crippen LogP contribution in [-0.4, -0.2) is 31.0 Å². The van der Waals surface area contributed by atoms with Gasteiger partial charge in [0.1, 0.15) is 11.1 Å². The molecule has 0 aromatic heterocycles. The SMILES string of the molecule is CC(c1ccc(F)cc1)N1CC(S(=O)(=O)Cl)CC1=O. The van der Waals surface area contributed by atoms with Crippen molar-refractivity contribution in [2.75, 3.05) is 6.54 Å². The third kappa shape index (κ3) is 3.06. The fraction of sp³-hybridized carbons (Fsp3) is 0.417. The van der Waals surface area contributed by atoms with E-state index in [-0.39, 0.29) is 30.7 Å². The summed E-state index contributed by atoms with van der Waals surface area (Å²) in [6.45, 7) is 1.84. The number of amides is 1. The highest BCUT2D eigenvalue weighted by Gasteiger charge is 2.39. The molecule has 4 nitrogen and oxygen atoms in total. The highest BCUT2D eigenvalue weighted by molar-refractivity contribution is 8.14. The van der Waals surface area contributed by atoms with Crippen LogP contribution in [0.1, 0.15) is 24.9 Å². The van der Waals surface area contributed by atoms with E-state index in [1.807, 2.05) is 0 Å². The Hall–Kier alpha value is -1.14. The van der Waals surface area contributed by atoms with Gasteiger partial charge in [-0.3, -0.25) is 4.79 Å². The quantitative estimate of drug-likeness (QED) is 0.803. The Morgan fingerprint density at radius 1 is 1.37 bits per heavy atom. The van der Waals surface area contributed by atoms with Crippen molar-refractivity contribution in [3.63, 3.8) is 0 Å². The lowest BCUT2D eigenvalue weighted by atomic mass is 10.1. The molecule has 0 radical (unpaired) electrons. The van der Waals surface area contributed by atoms with Crippen LogP contribution in [0.25, 0.3) is 0 Å². The summed E-state index contributed by atoms with van der Waals surface area (Å²) in [6, 6.07) is 5.46. The first-order valence-electron chi connectivity index (χ1n) is 5.77. The number of nitrogens with zero attached hydrogens (tertiary/aromatic N) is 1. The van der Waals surface area contributed by atoms with Crippen LogP contribution in [-0.2, 0) is 13.8 Å². The van der Waals surface area contributed by atoms with Gasteiger partial charge in [0.25, 0.3) is 0 Å². The molecule has 1 aromatic carbocycles. The molecule has 1 fully saturated rings. The van der Waals surface area contributed by atoms with Gasteiger partial charge in [-0.1, -0.05) is 12.1 Å². The van der Waals surface area contributed by atoms with Crippen molar-refractivity contribution in [2.24, 2.45) is 0 Å². The molecule has 1 aromatic rings. The van der Waals surface area contributed by atoms with Crippen molar-refractivity contribution in [1.82, 2.24) is 4.90 Å². The lowest BCUT2D eigenvalue weighted by Crippen LogP contribution is -2.30. The Kier molecular flexibility index (Phi) is 3.82. The van der Waals surface area contributed by atoms with Gasteiger partial charge in [-0.05, 0) is 24.6 Å². The molecule has 7 heteroatoms. The van der Waals surface area contributed by atoms with Crippen LogP contribution in [0.2, 0.25) is 0 Å². The zero-order valence-corrected chi connectivity index (χ0v) is 11.8. The summed E-state index contributed by atoms with van der Waals surface area (Å²) in [5.74, 6) is -0.615. The van der Waals surface area contributed by atoms with Gasteiger partial charge in [-0.15, -0.1) is 0 Å². The van der Waals surface area contributed by atoms with Gasteiger partial charge in [0.2, 0.25) is 15.0 Å². The zero-order chi connectivity index (χ0) is 14.2. The first kappa shape index (κ1) is 14.3. The van der Waals surface area contributed by atoms with Gasteiger partial charge in [0.05, 0.1) is 6.04 Å². The monoisotopic (exact) mass is 305 g/mol. The summed E-state index contributed by atoms with van der Waals surface area (Å²) in [7, 11) is 1.54. The van der Waals surface area contributed by atoms with Gasteiger partial charge in [0, 0.05) is 23.6 Å². The molecule has 1 aliphatic heterocycles. The third-order valence-electron chi connectivity index (χ3n) is 3.34. The van der Waals surface area contributed by atoms with Crippen LogP contribution in [0.5, 0.6) is 0 Å². The number of halogens is 2. The molecule has 2 unspecified atom stereocenters. The smallest absolute Gasteiger partial charge is 0.237 e. The number of likely N-dealkylation sites (tertiary alicyclic amines) is 1. The number of carbonyl (C=O) groups is 1. The first-order chi connectivity index (χ1) is 8.79. The van der Waals surface area contributed by atoms with Gasteiger partial charge in [-0.25, -0.2) is 12.8 Å². The Morgan fingerprint density at radius 3 is 2.42 bits per heavy atom. The summed E-state index contributed by atoms with van der Waals surface area (Å²) < 4.78 is 35.4. The Morgan fingerprint density at radius 2 is 1.95 bits per heavy atom. The molecule has 104 valence electrons. The number of hydrogen-bond acceptors (Lipinski definition) is 3. The predicted octanol–water partition coefficient (Wildman–Crippen LogP) is 2.06. The lowest BCUT2D eigenvalue weighted by Gasteiger charge is -2.24. The fourth-order valence-corrected chi connectivity index (χ4v) is 3.22. The maximum absolute atomic E-state index is 12.8. The van der Waals surface area contributed by atoms with Crippen molar-refractivity contribution >= 4 is 25.6 Å². The van der Waals surface area contributed by atoms with Crippen LogP contribution < -0.4 is 0 Å². The first-order valence-corrected chi connectivity index (χ1v) is 8.14.